The molecule has 0 atom stereocenters. The van der Waals surface area contributed by atoms with E-state index in [0.717, 1.165) is 73.9 Å². The maximum Gasteiger partial charge on any atom is 0.410 e. The van der Waals surface area contributed by atoms with Gasteiger partial charge < -0.3 is 34.0 Å². The first kappa shape index (κ1) is 50.1. The van der Waals surface area contributed by atoms with Gasteiger partial charge in [-0.05, 0) is 158 Å². The van der Waals surface area contributed by atoms with Crippen molar-refractivity contribution in [3.8, 4) is 0 Å². The number of benzene rings is 2. The quantitative estimate of drug-likeness (QED) is 0.259. The number of hydrogen-bond acceptors (Lipinski definition) is 10. The van der Waals surface area contributed by atoms with Crippen molar-refractivity contribution < 1.29 is 33.4 Å². The Balaban J connectivity index is 1.52. The van der Waals surface area contributed by atoms with Crippen molar-refractivity contribution in [2.75, 3.05) is 102 Å². The van der Waals surface area contributed by atoms with Crippen molar-refractivity contribution in [3.05, 3.63) is 70.8 Å². The summed E-state index contributed by atoms with van der Waals surface area (Å²) in [6.07, 6.45) is 3.85. The first-order chi connectivity index (χ1) is 30.1. The predicted molar refractivity (Wildman–Crippen MR) is 254 cm³/mol. The summed E-state index contributed by atoms with van der Waals surface area (Å²) in [5.74, 6) is 3.67. The molecule has 63 heavy (non-hydrogen) atoms. The minimum atomic E-state index is -0.735. The number of carbonyl (C=O) groups is 5. The Bertz CT molecular complexity index is 1780. The van der Waals surface area contributed by atoms with Gasteiger partial charge in [0.05, 0.1) is 0 Å². The molecule has 2 aromatic rings. The fourth-order valence-corrected chi connectivity index (χ4v) is 9.60. The molecule has 12 aliphatic rings. The molecular formula is C48H72N6O7S2. The van der Waals surface area contributed by atoms with E-state index in [1.807, 2.05) is 82.1 Å². The molecule has 2 aromatic carbocycles. The van der Waals surface area contributed by atoms with Crippen molar-refractivity contribution in [2.45, 2.75) is 97.8 Å². The third-order valence-corrected chi connectivity index (χ3v) is 13.4. The van der Waals surface area contributed by atoms with Gasteiger partial charge in [-0.3, -0.25) is 19.3 Å². The fraction of sp³-hybridized carbons (Fsp3) is 0.646. The van der Waals surface area contributed by atoms with Gasteiger partial charge in [-0.1, -0.05) is 12.1 Å². The Labute approximate surface area is 384 Å². The van der Waals surface area contributed by atoms with E-state index in [0.29, 0.717) is 49.2 Å². The first-order valence-corrected chi connectivity index (χ1v) is 25.3. The van der Waals surface area contributed by atoms with Crippen LogP contribution >= 0.6 is 23.5 Å². The van der Waals surface area contributed by atoms with E-state index in [1.165, 1.54) is 0 Å². The molecule has 0 N–H and O–H groups in total. The number of thioether (sulfide) groups is 2. The lowest BCUT2D eigenvalue weighted by Gasteiger charge is -2.33. The van der Waals surface area contributed by atoms with Crippen LogP contribution in [0.5, 0.6) is 0 Å². The molecule has 0 radical (unpaired) electrons. The molecular weight excluding hydrogens is 837 g/mol. The van der Waals surface area contributed by atoms with E-state index in [-0.39, 0.29) is 63.5 Å². The third kappa shape index (κ3) is 16.8. The normalized spacial score (nSPS) is 19.9. The molecule has 15 heteroatoms. The molecule has 0 unspecified atom stereocenters. The van der Waals surface area contributed by atoms with E-state index in [1.54, 1.807) is 43.9 Å². The molecule has 13 nitrogen and oxygen atoms in total. The number of ether oxygens (including phenoxy) is 2. The smallest absolute Gasteiger partial charge is 0.410 e. The fourth-order valence-electron chi connectivity index (χ4n) is 7.86. The molecule has 2 fully saturated rings. The molecule has 5 amide bonds. The average molecular weight is 909 g/mol. The van der Waals surface area contributed by atoms with Crippen molar-refractivity contribution in [1.29, 1.82) is 0 Å². The van der Waals surface area contributed by atoms with E-state index >= 15 is 0 Å². The summed E-state index contributed by atoms with van der Waals surface area (Å²) in [5, 5.41) is 0. The zero-order valence-corrected chi connectivity index (χ0v) is 40.4. The SMILES string of the molecule is CC(C)(C)OC(=O)N1CCCN2CCN(C(=O)OC(C)(C)C)CCCN(CC1)C(=O)c1ccc(cc1)CN1CCCSCCCN(CCCSCCC1)C(=O)c1ccc(cc1)C2=O. The molecule has 0 spiro atoms. The Kier molecular flexibility index (Phi) is 19.4. The van der Waals surface area contributed by atoms with Gasteiger partial charge in [0.15, 0.2) is 0 Å². The van der Waals surface area contributed by atoms with Gasteiger partial charge in [0.25, 0.3) is 17.7 Å². The van der Waals surface area contributed by atoms with E-state index in [2.05, 4.69) is 17.0 Å². The number of nitrogens with zero attached hydrogens (tertiary/aromatic N) is 6. The predicted octanol–water partition coefficient (Wildman–Crippen LogP) is 7.84. The van der Waals surface area contributed by atoms with Crippen molar-refractivity contribution in [3.63, 3.8) is 0 Å². The van der Waals surface area contributed by atoms with Gasteiger partial charge in [-0.2, -0.15) is 23.5 Å². The molecule has 12 aliphatic heterocycles. The Morgan fingerprint density at radius 1 is 0.444 bits per heavy atom. The van der Waals surface area contributed by atoms with Gasteiger partial charge in [0, 0.05) is 88.7 Å². The van der Waals surface area contributed by atoms with E-state index in [4.69, 9.17) is 9.47 Å². The Hall–Kier alpha value is -3.95. The van der Waals surface area contributed by atoms with Crippen LogP contribution in [-0.2, 0) is 16.0 Å². The van der Waals surface area contributed by atoms with Crippen LogP contribution in [-0.4, -0.2) is 172 Å². The van der Waals surface area contributed by atoms with E-state index in [9.17, 15) is 24.0 Å². The second-order valence-corrected chi connectivity index (χ2v) is 21.2. The molecule has 348 valence electrons. The number of amides is 5. The highest BCUT2D eigenvalue weighted by molar-refractivity contribution is 7.99. The first-order valence-electron chi connectivity index (χ1n) is 23.0. The third-order valence-electron chi connectivity index (χ3n) is 11.1. The molecule has 12 heterocycles. The van der Waals surface area contributed by atoms with Gasteiger partial charge in [-0.15, -0.1) is 0 Å². The maximum absolute atomic E-state index is 14.4. The standard InChI is InChI=1S/C48H72N6O7S2/c1-47(2,3)60-45(58)53-26-8-24-52-30-32-54(46(59)61-48(4,5)6)25-7-23-51(29-31-53)43(56)39-15-13-38(14-16-39)37-49-21-9-33-62-35-11-27-50(28-12-36-63-34-10-22-49)42(55)40-17-19-41(20-18-40)44(52)57/h13-20H,7-12,21-37H2,1-6H3. The highest BCUT2D eigenvalue weighted by Crippen LogP contribution is 2.19. The molecule has 0 aliphatic carbocycles. The summed E-state index contributed by atoms with van der Waals surface area (Å²) in [5.41, 5.74) is 1.25. The summed E-state index contributed by atoms with van der Waals surface area (Å²) in [6.45, 7) is 17.2. The van der Waals surface area contributed by atoms with E-state index < -0.39 is 23.4 Å². The minimum absolute atomic E-state index is 0.0217. The van der Waals surface area contributed by atoms with Crippen molar-refractivity contribution in [1.82, 2.24) is 29.4 Å². The van der Waals surface area contributed by atoms with Crippen LogP contribution in [0.2, 0.25) is 0 Å². The average Bonchev–Trinajstić information content (AvgIpc) is 3.22. The van der Waals surface area contributed by atoms with Crippen LogP contribution < -0.4 is 0 Å². The highest BCUT2D eigenvalue weighted by atomic mass is 32.2. The van der Waals surface area contributed by atoms with Crippen LogP contribution in [0.4, 0.5) is 9.59 Å². The highest BCUT2D eigenvalue weighted by Gasteiger charge is 2.28. The maximum atomic E-state index is 14.4. The number of hydrogen-bond donors (Lipinski definition) is 0. The molecule has 0 saturated carbocycles. The summed E-state index contributed by atoms with van der Waals surface area (Å²) in [7, 11) is 0. The van der Waals surface area contributed by atoms with Crippen LogP contribution in [0.15, 0.2) is 48.5 Å². The van der Waals surface area contributed by atoms with Gasteiger partial charge >= 0.3 is 12.2 Å². The molecule has 8 bridgehead atoms. The van der Waals surface area contributed by atoms with Crippen molar-refractivity contribution in [2.24, 2.45) is 0 Å². The second-order valence-electron chi connectivity index (χ2n) is 18.7. The van der Waals surface area contributed by atoms with Gasteiger partial charge in [0.2, 0.25) is 0 Å². The summed E-state index contributed by atoms with van der Waals surface area (Å²) in [4.78, 5) is 81.3. The van der Waals surface area contributed by atoms with Gasteiger partial charge in [-0.25, -0.2) is 9.59 Å². The molecule has 2 saturated heterocycles. The lowest BCUT2D eigenvalue weighted by Crippen LogP contribution is -2.47. The second kappa shape index (κ2) is 24.4. The van der Waals surface area contributed by atoms with Crippen molar-refractivity contribution >= 4 is 53.4 Å². The van der Waals surface area contributed by atoms with Crippen LogP contribution in [0.3, 0.4) is 0 Å². The monoisotopic (exact) mass is 908 g/mol. The van der Waals surface area contributed by atoms with Gasteiger partial charge in [0.1, 0.15) is 11.2 Å². The Morgan fingerprint density at radius 3 is 1.16 bits per heavy atom. The summed E-state index contributed by atoms with van der Waals surface area (Å²) in [6, 6.07) is 14.9. The zero-order chi connectivity index (χ0) is 45.4. The van der Waals surface area contributed by atoms with Crippen LogP contribution in [0, 0.1) is 0 Å². The molecule has 0 aromatic heterocycles. The number of rotatable bonds is 0. The summed E-state index contributed by atoms with van der Waals surface area (Å²) < 4.78 is 11.7. The summed E-state index contributed by atoms with van der Waals surface area (Å²) >= 11 is 3.89. The minimum Gasteiger partial charge on any atom is -0.444 e. The topological polar surface area (TPSA) is 123 Å². The lowest BCUT2D eigenvalue weighted by molar-refractivity contribution is 0.0179. The number of carbonyl (C=O) groups excluding carboxylic acids is 5. The molecule has 14 rings (SSSR count). The Morgan fingerprint density at radius 2 is 0.778 bits per heavy atom. The zero-order valence-electron chi connectivity index (χ0n) is 38.7. The largest absolute Gasteiger partial charge is 0.444 e. The van der Waals surface area contributed by atoms with Crippen LogP contribution in [0.25, 0.3) is 0 Å². The lowest BCUT2D eigenvalue weighted by atomic mass is 10.1. The van der Waals surface area contributed by atoms with Crippen LogP contribution in [0.1, 0.15) is 117 Å².